The van der Waals surface area contributed by atoms with Crippen LogP contribution in [0.15, 0.2) is 31.0 Å². The Labute approximate surface area is 153 Å². The number of carbonyl (C=O) groups is 1. The molecule has 1 fully saturated rings. The molecule has 2 atom stereocenters. The monoisotopic (exact) mass is 372 g/mol. The van der Waals surface area contributed by atoms with Gasteiger partial charge in [-0.15, -0.1) is 24.8 Å². The largest absolute Gasteiger partial charge is 0.349 e. The van der Waals surface area contributed by atoms with Crippen molar-refractivity contribution in [2.75, 3.05) is 6.54 Å². The summed E-state index contributed by atoms with van der Waals surface area (Å²) < 4.78 is 1.55. The van der Waals surface area contributed by atoms with E-state index in [1.165, 1.54) is 12.7 Å². The van der Waals surface area contributed by atoms with Crippen LogP contribution < -0.4 is 11.1 Å². The number of amides is 1. The van der Waals surface area contributed by atoms with Crippen molar-refractivity contribution in [3.8, 4) is 5.82 Å². The molecular weight excluding hydrogens is 351 g/mol. The van der Waals surface area contributed by atoms with Gasteiger partial charge in [-0.05, 0) is 37.4 Å². The molecule has 0 spiro atoms. The van der Waals surface area contributed by atoms with Gasteiger partial charge in [0.2, 0.25) is 0 Å². The number of nitrogens with zero attached hydrogens (tertiary/aromatic N) is 4. The first-order chi connectivity index (χ1) is 10.8. The van der Waals surface area contributed by atoms with E-state index in [4.69, 9.17) is 5.73 Å². The molecule has 0 bridgehead atoms. The lowest BCUT2D eigenvalue weighted by Crippen LogP contribution is -2.44. The van der Waals surface area contributed by atoms with Crippen LogP contribution in [0, 0.1) is 5.92 Å². The van der Waals surface area contributed by atoms with Crippen molar-refractivity contribution in [3.05, 3.63) is 36.5 Å². The summed E-state index contributed by atoms with van der Waals surface area (Å²) in [4.78, 5) is 20.5. The molecule has 2 heterocycles. The number of hydrogen-bond acceptors (Lipinski definition) is 5. The molecule has 0 aromatic carbocycles. The number of hydrogen-bond donors (Lipinski definition) is 2. The van der Waals surface area contributed by atoms with Gasteiger partial charge in [0.15, 0.2) is 5.82 Å². The van der Waals surface area contributed by atoms with Crippen molar-refractivity contribution in [1.82, 2.24) is 25.1 Å². The number of aromatic nitrogens is 4. The minimum Gasteiger partial charge on any atom is -0.349 e. The predicted octanol–water partition coefficient (Wildman–Crippen LogP) is 1.75. The summed E-state index contributed by atoms with van der Waals surface area (Å²) in [6, 6.07) is 3.67. The first-order valence-electron chi connectivity index (χ1n) is 7.60. The molecule has 24 heavy (non-hydrogen) atoms. The number of nitrogens with two attached hydrogens (primary N) is 1. The zero-order valence-electron chi connectivity index (χ0n) is 13.2. The second-order valence-corrected chi connectivity index (χ2v) is 5.61. The standard InChI is InChI=1S/C15H20N6O.2ClH/c16-7-11-3-1-2-4-13(11)20-15(22)12-5-6-14(18-8-12)21-10-17-9-19-21;;/h5-6,8-11,13H,1-4,7,16H2,(H,20,22);2*1H. The molecule has 1 saturated carbocycles. The highest BCUT2D eigenvalue weighted by molar-refractivity contribution is 5.94. The van der Waals surface area contributed by atoms with E-state index in [9.17, 15) is 4.79 Å². The molecule has 2 unspecified atom stereocenters. The third-order valence-electron chi connectivity index (χ3n) is 4.19. The molecule has 3 rings (SSSR count). The summed E-state index contributed by atoms with van der Waals surface area (Å²) in [6.45, 7) is 0.619. The van der Waals surface area contributed by atoms with Crippen LogP contribution in [0.25, 0.3) is 5.82 Å². The average Bonchev–Trinajstić information content (AvgIpc) is 3.10. The van der Waals surface area contributed by atoms with Crippen molar-refractivity contribution < 1.29 is 4.79 Å². The van der Waals surface area contributed by atoms with Crippen molar-refractivity contribution in [2.24, 2.45) is 11.7 Å². The van der Waals surface area contributed by atoms with Crippen LogP contribution in [0.3, 0.4) is 0 Å². The van der Waals surface area contributed by atoms with Gasteiger partial charge in [0.25, 0.3) is 5.91 Å². The van der Waals surface area contributed by atoms with E-state index in [0.29, 0.717) is 23.8 Å². The van der Waals surface area contributed by atoms with E-state index < -0.39 is 0 Å². The first-order valence-corrected chi connectivity index (χ1v) is 7.60. The maximum atomic E-state index is 12.3. The van der Waals surface area contributed by atoms with Crippen molar-refractivity contribution in [1.29, 1.82) is 0 Å². The Hall–Kier alpha value is -1.70. The van der Waals surface area contributed by atoms with Gasteiger partial charge in [-0.3, -0.25) is 4.79 Å². The second-order valence-electron chi connectivity index (χ2n) is 5.61. The number of halogens is 2. The van der Waals surface area contributed by atoms with E-state index in [1.807, 2.05) is 0 Å². The SMILES string of the molecule is Cl.Cl.NCC1CCCCC1NC(=O)c1ccc(-n2cncn2)nc1. The van der Waals surface area contributed by atoms with Crippen LogP contribution in [0.2, 0.25) is 0 Å². The normalized spacial score (nSPS) is 19.7. The van der Waals surface area contributed by atoms with Gasteiger partial charge in [-0.25, -0.2) is 14.6 Å². The Morgan fingerprint density at radius 1 is 1.29 bits per heavy atom. The molecule has 7 nitrogen and oxygen atoms in total. The van der Waals surface area contributed by atoms with Crippen LogP contribution in [0.4, 0.5) is 0 Å². The molecule has 0 aliphatic heterocycles. The highest BCUT2D eigenvalue weighted by atomic mass is 35.5. The van der Waals surface area contributed by atoms with Crippen molar-refractivity contribution in [3.63, 3.8) is 0 Å². The molecular formula is C15H22Cl2N6O. The Balaban J connectivity index is 0.00000144. The maximum absolute atomic E-state index is 12.3. The van der Waals surface area contributed by atoms with E-state index in [-0.39, 0.29) is 36.8 Å². The van der Waals surface area contributed by atoms with E-state index in [1.54, 1.807) is 29.3 Å². The molecule has 1 aliphatic rings. The lowest BCUT2D eigenvalue weighted by molar-refractivity contribution is 0.0907. The Bertz CT molecular complexity index is 619. The first kappa shape index (κ1) is 20.3. The lowest BCUT2D eigenvalue weighted by Gasteiger charge is -2.31. The van der Waals surface area contributed by atoms with E-state index in [2.05, 4.69) is 20.4 Å². The molecule has 3 N–H and O–H groups in total. The third-order valence-corrected chi connectivity index (χ3v) is 4.19. The highest BCUT2D eigenvalue weighted by Gasteiger charge is 2.25. The zero-order chi connectivity index (χ0) is 15.4. The summed E-state index contributed by atoms with van der Waals surface area (Å²) >= 11 is 0. The average molecular weight is 373 g/mol. The highest BCUT2D eigenvalue weighted by Crippen LogP contribution is 2.23. The van der Waals surface area contributed by atoms with Gasteiger partial charge in [0.1, 0.15) is 12.7 Å². The van der Waals surface area contributed by atoms with Crippen LogP contribution >= 0.6 is 24.8 Å². The summed E-state index contributed by atoms with van der Waals surface area (Å²) in [5.41, 5.74) is 6.35. The van der Waals surface area contributed by atoms with Gasteiger partial charge in [0, 0.05) is 12.2 Å². The zero-order valence-corrected chi connectivity index (χ0v) is 14.8. The van der Waals surface area contributed by atoms with Gasteiger partial charge in [-0.1, -0.05) is 12.8 Å². The second kappa shape index (κ2) is 9.56. The number of carbonyl (C=O) groups excluding carboxylic acids is 1. The topological polar surface area (TPSA) is 98.7 Å². The minimum atomic E-state index is -0.0945. The molecule has 1 aliphatic carbocycles. The molecule has 9 heteroatoms. The summed E-state index contributed by atoms with van der Waals surface area (Å²) in [5, 5.41) is 7.10. The molecule has 132 valence electrons. The fourth-order valence-electron chi connectivity index (χ4n) is 2.91. The Morgan fingerprint density at radius 3 is 2.71 bits per heavy atom. The van der Waals surface area contributed by atoms with Crippen molar-refractivity contribution in [2.45, 2.75) is 31.7 Å². The molecule has 1 amide bonds. The van der Waals surface area contributed by atoms with Crippen LogP contribution in [-0.2, 0) is 0 Å². The van der Waals surface area contributed by atoms with Gasteiger partial charge in [0.05, 0.1) is 5.56 Å². The lowest BCUT2D eigenvalue weighted by atomic mass is 9.84. The van der Waals surface area contributed by atoms with Crippen LogP contribution in [0.5, 0.6) is 0 Å². The number of pyridine rings is 1. The Morgan fingerprint density at radius 2 is 2.08 bits per heavy atom. The number of nitrogens with one attached hydrogen (secondary N) is 1. The molecule has 0 saturated heterocycles. The summed E-state index contributed by atoms with van der Waals surface area (Å²) in [7, 11) is 0. The predicted molar refractivity (Wildman–Crippen MR) is 95.9 cm³/mol. The van der Waals surface area contributed by atoms with E-state index in [0.717, 1.165) is 19.3 Å². The smallest absolute Gasteiger partial charge is 0.253 e. The third kappa shape index (κ3) is 4.66. The molecule has 2 aromatic heterocycles. The minimum absolute atomic E-state index is 0. The van der Waals surface area contributed by atoms with Gasteiger partial charge < -0.3 is 11.1 Å². The fourth-order valence-corrected chi connectivity index (χ4v) is 2.91. The van der Waals surface area contributed by atoms with E-state index >= 15 is 0 Å². The van der Waals surface area contributed by atoms with Crippen molar-refractivity contribution >= 4 is 30.7 Å². The number of rotatable bonds is 4. The quantitative estimate of drug-likeness (QED) is 0.851. The maximum Gasteiger partial charge on any atom is 0.253 e. The van der Waals surface area contributed by atoms with Gasteiger partial charge in [-0.2, -0.15) is 5.10 Å². The van der Waals surface area contributed by atoms with Crippen LogP contribution in [0.1, 0.15) is 36.0 Å². The van der Waals surface area contributed by atoms with Crippen LogP contribution in [-0.4, -0.2) is 38.2 Å². The summed E-state index contributed by atoms with van der Waals surface area (Å²) in [6.07, 6.45) is 9.00. The molecule has 2 aromatic rings. The summed E-state index contributed by atoms with van der Waals surface area (Å²) in [5.74, 6) is 0.912. The Kier molecular flexibility index (Phi) is 8.10. The fraction of sp³-hybridized carbons (Fsp3) is 0.467. The molecule has 0 radical (unpaired) electrons. The van der Waals surface area contributed by atoms with Gasteiger partial charge >= 0.3 is 0 Å².